The summed E-state index contributed by atoms with van der Waals surface area (Å²) in [6.07, 6.45) is 3.51. The zero-order valence-electron chi connectivity index (χ0n) is 10.7. The van der Waals surface area contributed by atoms with E-state index in [9.17, 15) is 4.39 Å². The van der Waals surface area contributed by atoms with Gasteiger partial charge in [-0.1, -0.05) is 19.1 Å². The molecule has 1 unspecified atom stereocenters. The molecule has 0 spiro atoms. The first kappa shape index (κ1) is 12.7. The van der Waals surface area contributed by atoms with Gasteiger partial charge in [0, 0.05) is 12.4 Å². The first-order chi connectivity index (χ1) is 8.72. The number of nitrogens with zero attached hydrogens (tertiary/aromatic N) is 1. The highest BCUT2D eigenvalue weighted by atomic mass is 19.1. The molecule has 0 aliphatic heterocycles. The third-order valence-corrected chi connectivity index (χ3v) is 2.98. The molecule has 0 aliphatic carbocycles. The lowest BCUT2D eigenvalue weighted by Gasteiger charge is -2.19. The number of pyridine rings is 1. The lowest BCUT2D eigenvalue weighted by atomic mass is 9.98. The predicted octanol–water partition coefficient (Wildman–Crippen LogP) is 3.23. The van der Waals surface area contributed by atoms with Crippen molar-refractivity contribution in [3.8, 4) is 0 Å². The van der Waals surface area contributed by atoms with E-state index in [-0.39, 0.29) is 11.9 Å². The zero-order valence-corrected chi connectivity index (χ0v) is 10.7. The van der Waals surface area contributed by atoms with Crippen molar-refractivity contribution >= 4 is 0 Å². The second-order valence-electron chi connectivity index (χ2n) is 4.28. The van der Waals surface area contributed by atoms with Gasteiger partial charge < -0.3 is 5.32 Å². The van der Waals surface area contributed by atoms with Crippen LogP contribution in [0.15, 0.2) is 42.7 Å². The van der Waals surface area contributed by atoms with E-state index >= 15 is 0 Å². The second kappa shape index (κ2) is 5.74. The van der Waals surface area contributed by atoms with Gasteiger partial charge in [0.05, 0.1) is 6.04 Å². The summed E-state index contributed by atoms with van der Waals surface area (Å²) >= 11 is 0. The van der Waals surface area contributed by atoms with Crippen molar-refractivity contribution in [2.24, 2.45) is 0 Å². The molecular formula is C15H17FN2. The maximum atomic E-state index is 13.7. The lowest BCUT2D eigenvalue weighted by molar-refractivity contribution is 0.597. The van der Waals surface area contributed by atoms with Gasteiger partial charge in [-0.2, -0.15) is 0 Å². The summed E-state index contributed by atoms with van der Waals surface area (Å²) in [5.41, 5.74) is 2.70. The number of aromatic nitrogens is 1. The molecule has 0 fully saturated rings. The highest BCUT2D eigenvalue weighted by molar-refractivity contribution is 5.33. The third-order valence-electron chi connectivity index (χ3n) is 2.98. The maximum Gasteiger partial charge on any atom is 0.126 e. The molecule has 3 heteroatoms. The first-order valence-corrected chi connectivity index (χ1v) is 6.11. The Morgan fingerprint density at radius 1 is 1.17 bits per heavy atom. The Morgan fingerprint density at radius 2 is 1.89 bits per heavy atom. The molecule has 2 rings (SSSR count). The van der Waals surface area contributed by atoms with E-state index in [2.05, 4.69) is 10.3 Å². The van der Waals surface area contributed by atoms with Gasteiger partial charge in [-0.15, -0.1) is 0 Å². The average molecular weight is 244 g/mol. The van der Waals surface area contributed by atoms with Gasteiger partial charge >= 0.3 is 0 Å². The monoisotopic (exact) mass is 244 g/mol. The van der Waals surface area contributed by atoms with Crippen molar-refractivity contribution in [2.45, 2.75) is 19.9 Å². The fraction of sp³-hybridized carbons (Fsp3) is 0.267. The van der Waals surface area contributed by atoms with E-state index in [0.717, 1.165) is 17.7 Å². The molecule has 18 heavy (non-hydrogen) atoms. The summed E-state index contributed by atoms with van der Waals surface area (Å²) in [5.74, 6) is -0.163. The van der Waals surface area contributed by atoms with Crippen LogP contribution in [0.4, 0.5) is 4.39 Å². The number of benzene rings is 1. The van der Waals surface area contributed by atoms with Crippen LogP contribution < -0.4 is 5.32 Å². The standard InChI is InChI=1S/C15H17FN2/c1-3-18-15(12-6-8-17-9-7-12)13-5-4-11(2)14(16)10-13/h4-10,15,18H,3H2,1-2H3. The molecular weight excluding hydrogens is 227 g/mol. The molecule has 1 N–H and O–H groups in total. The Balaban J connectivity index is 2.38. The minimum absolute atomic E-state index is 0.00750. The number of aryl methyl sites for hydroxylation is 1. The molecule has 1 aromatic carbocycles. The summed E-state index contributed by atoms with van der Waals surface area (Å²) in [5, 5.41) is 3.37. The summed E-state index contributed by atoms with van der Waals surface area (Å²) in [7, 11) is 0. The quantitative estimate of drug-likeness (QED) is 0.893. The molecule has 1 aromatic heterocycles. The number of rotatable bonds is 4. The smallest absolute Gasteiger partial charge is 0.126 e. The summed E-state index contributed by atoms with van der Waals surface area (Å²) in [6, 6.07) is 9.29. The van der Waals surface area contributed by atoms with Gasteiger partial charge in [0.1, 0.15) is 5.82 Å². The van der Waals surface area contributed by atoms with Crippen molar-refractivity contribution in [3.05, 3.63) is 65.2 Å². The van der Waals surface area contributed by atoms with Crippen molar-refractivity contribution in [1.29, 1.82) is 0 Å². The normalized spacial score (nSPS) is 12.4. The lowest BCUT2D eigenvalue weighted by Crippen LogP contribution is -2.22. The van der Waals surface area contributed by atoms with Gasteiger partial charge in [0.25, 0.3) is 0 Å². The van der Waals surface area contributed by atoms with E-state index in [0.29, 0.717) is 5.56 Å². The van der Waals surface area contributed by atoms with E-state index < -0.39 is 0 Å². The van der Waals surface area contributed by atoms with Gasteiger partial charge in [-0.05, 0) is 48.4 Å². The minimum Gasteiger partial charge on any atom is -0.307 e. The highest BCUT2D eigenvalue weighted by Crippen LogP contribution is 2.23. The molecule has 1 atom stereocenters. The number of hydrogen-bond donors (Lipinski definition) is 1. The van der Waals surface area contributed by atoms with Crippen LogP contribution >= 0.6 is 0 Å². The average Bonchev–Trinajstić information content (AvgIpc) is 2.40. The van der Waals surface area contributed by atoms with E-state index in [1.807, 2.05) is 31.2 Å². The van der Waals surface area contributed by atoms with E-state index in [1.165, 1.54) is 0 Å². The Morgan fingerprint density at radius 3 is 2.50 bits per heavy atom. The fourth-order valence-corrected chi connectivity index (χ4v) is 1.98. The Kier molecular flexibility index (Phi) is 4.05. The minimum atomic E-state index is -0.163. The topological polar surface area (TPSA) is 24.9 Å². The Hall–Kier alpha value is -1.74. The summed E-state index contributed by atoms with van der Waals surface area (Å²) in [6.45, 7) is 4.63. The molecule has 2 nitrogen and oxygen atoms in total. The van der Waals surface area contributed by atoms with E-state index in [4.69, 9.17) is 0 Å². The van der Waals surface area contributed by atoms with E-state index in [1.54, 1.807) is 25.4 Å². The Labute approximate surface area is 107 Å². The van der Waals surface area contributed by atoms with Crippen LogP contribution in [-0.4, -0.2) is 11.5 Å². The molecule has 0 amide bonds. The van der Waals surface area contributed by atoms with Crippen molar-refractivity contribution in [3.63, 3.8) is 0 Å². The third kappa shape index (κ3) is 2.74. The number of nitrogens with one attached hydrogen (secondary N) is 1. The molecule has 0 bridgehead atoms. The molecule has 2 aromatic rings. The summed E-state index contributed by atoms with van der Waals surface area (Å²) in [4.78, 5) is 4.01. The SMILES string of the molecule is CCNC(c1ccncc1)c1ccc(C)c(F)c1. The van der Waals surface area contributed by atoms with Gasteiger partial charge in [0.15, 0.2) is 0 Å². The molecule has 0 saturated carbocycles. The number of halogens is 1. The molecule has 1 heterocycles. The number of hydrogen-bond acceptors (Lipinski definition) is 2. The van der Waals surface area contributed by atoms with Crippen molar-refractivity contribution in [2.75, 3.05) is 6.54 Å². The van der Waals surface area contributed by atoms with Crippen molar-refractivity contribution < 1.29 is 4.39 Å². The van der Waals surface area contributed by atoms with Crippen LogP contribution in [0.2, 0.25) is 0 Å². The van der Waals surface area contributed by atoms with Crippen molar-refractivity contribution in [1.82, 2.24) is 10.3 Å². The Bertz CT molecular complexity index is 511. The molecule has 0 aliphatic rings. The van der Waals surface area contributed by atoms with Crippen LogP contribution in [0, 0.1) is 12.7 Å². The maximum absolute atomic E-state index is 13.7. The molecule has 0 saturated heterocycles. The second-order valence-corrected chi connectivity index (χ2v) is 4.28. The van der Waals surface area contributed by atoms with Crippen LogP contribution in [-0.2, 0) is 0 Å². The first-order valence-electron chi connectivity index (χ1n) is 6.11. The van der Waals surface area contributed by atoms with Crippen LogP contribution in [0.25, 0.3) is 0 Å². The van der Waals surface area contributed by atoms with Crippen LogP contribution in [0.5, 0.6) is 0 Å². The molecule has 94 valence electrons. The largest absolute Gasteiger partial charge is 0.307 e. The van der Waals surface area contributed by atoms with Crippen LogP contribution in [0.3, 0.4) is 0 Å². The van der Waals surface area contributed by atoms with Gasteiger partial charge in [-0.25, -0.2) is 4.39 Å². The van der Waals surface area contributed by atoms with Crippen LogP contribution in [0.1, 0.15) is 29.7 Å². The highest BCUT2D eigenvalue weighted by Gasteiger charge is 2.13. The summed E-state index contributed by atoms with van der Waals surface area (Å²) < 4.78 is 13.7. The van der Waals surface area contributed by atoms with Gasteiger partial charge in [-0.3, -0.25) is 4.98 Å². The fourth-order valence-electron chi connectivity index (χ4n) is 1.98. The molecule has 0 radical (unpaired) electrons. The van der Waals surface area contributed by atoms with Gasteiger partial charge in [0.2, 0.25) is 0 Å². The predicted molar refractivity (Wildman–Crippen MR) is 70.9 cm³/mol. The zero-order chi connectivity index (χ0) is 13.0.